The van der Waals surface area contributed by atoms with Crippen molar-refractivity contribution in [1.29, 1.82) is 0 Å². The molecule has 0 saturated heterocycles. The average molecular weight is 418 g/mol. The van der Waals surface area contributed by atoms with Gasteiger partial charge in [-0.3, -0.25) is 0 Å². The van der Waals surface area contributed by atoms with Crippen LogP contribution >= 0.6 is 24.0 Å². The summed E-state index contributed by atoms with van der Waals surface area (Å²) in [5, 5.41) is 3.18. The van der Waals surface area contributed by atoms with Gasteiger partial charge in [-0.25, -0.2) is 4.99 Å². The first-order valence-electron chi connectivity index (χ1n) is 7.56. The number of nitrogens with two attached hydrogens (primary N) is 1. The molecule has 124 valence electrons. The Morgan fingerprint density at radius 2 is 2.00 bits per heavy atom. The molecule has 5 nitrogen and oxygen atoms in total. The van der Waals surface area contributed by atoms with E-state index in [1.54, 1.807) is 0 Å². The van der Waals surface area contributed by atoms with Crippen LogP contribution in [0.5, 0.6) is 5.75 Å². The SMILES string of the molecule is CN(C)CCCOc1ccc(CN=C(N)NC2CC2)cc1.I. The second kappa shape index (κ2) is 9.89. The second-order valence-corrected chi connectivity index (χ2v) is 5.77. The zero-order valence-corrected chi connectivity index (χ0v) is 15.7. The van der Waals surface area contributed by atoms with Crippen LogP contribution in [0, 0.1) is 0 Å². The van der Waals surface area contributed by atoms with Crippen molar-refractivity contribution in [3.63, 3.8) is 0 Å². The van der Waals surface area contributed by atoms with Gasteiger partial charge in [0.2, 0.25) is 0 Å². The Morgan fingerprint density at radius 1 is 1.32 bits per heavy atom. The molecule has 0 aromatic heterocycles. The second-order valence-electron chi connectivity index (χ2n) is 5.77. The van der Waals surface area contributed by atoms with Gasteiger partial charge in [-0.15, -0.1) is 24.0 Å². The van der Waals surface area contributed by atoms with Crippen molar-refractivity contribution < 1.29 is 4.74 Å². The van der Waals surface area contributed by atoms with Crippen molar-refractivity contribution in [3.8, 4) is 5.75 Å². The molecule has 0 bridgehead atoms. The first kappa shape index (κ1) is 19.0. The van der Waals surface area contributed by atoms with Gasteiger partial charge in [0.25, 0.3) is 0 Å². The molecule has 6 heteroatoms. The minimum atomic E-state index is 0. The van der Waals surface area contributed by atoms with Gasteiger partial charge in [0, 0.05) is 12.6 Å². The molecule has 0 radical (unpaired) electrons. The summed E-state index contributed by atoms with van der Waals surface area (Å²) >= 11 is 0. The summed E-state index contributed by atoms with van der Waals surface area (Å²) < 4.78 is 5.70. The highest BCUT2D eigenvalue weighted by atomic mass is 127. The number of guanidine groups is 1. The van der Waals surface area contributed by atoms with E-state index in [1.165, 1.54) is 12.8 Å². The van der Waals surface area contributed by atoms with Gasteiger partial charge in [-0.2, -0.15) is 0 Å². The van der Waals surface area contributed by atoms with Gasteiger partial charge >= 0.3 is 0 Å². The maximum Gasteiger partial charge on any atom is 0.189 e. The molecule has 1 fully saturated rings. The summed E-state index contributed by atoms with van der Waals surface area (Å²) in [6.07, 6.45) is 3.44. The molecule has 1 aliphatic rings. The van der Waals surface area contributed by atoms with E-state index in [-0.39, 0.29) is 24.0 Å². The van der Waals surface area contributed by atoms with Crippen molar-refractivity contribution in [3.05, 3.63) is 29.8 Å². The number of ether oxygens (including phenoxy) is 1. The lowest BCUT2D eigenvalue weighted by Crippen LogP contribution is -2.33. The molecule has 0 spiro atoms. The third kappa shape index (κ3) is 7.84. The van der Waals surface area contributed by atoms with E-state index < -0.39 is 0 Å². The standard InChI is InChI=1S/C16H26N4O.HI/c1-20(2)10-3-11-21-15-8-4-13(5-9-15)12-18-16(17)19-14-6-7-14;/h4-5,8-9,14H,3,6-7,10-12H2,1-2H3,(H3,17,18,19);1H. The third-order valence-electron chi connectivity index (χ3n) is 3.30. The average Bonchev–Trinajstić information content (AvgIpc) is 3.26. The fourth-order valence-corrected chi connectivity index (χ4v) is 1.92. The summed E-state index contributed by atoms with van der Waals surface area (Å²) in [5.74, 6) is 1.45. The summed E-state index contributed by atoms with van der Waals surface area (Å²) in [5.41, 5.74) is 6.94. The number of rotatable bonds is 8. The van der Waals surface area contributed by atoms with Crippen LogP contribution in [0.1, 0.15) is 24.8 Å². The molecular weight excluding hydrogens is 391 g/mol. The lowest BCUT2D eigenvalue weighted by Gasteiger charge is -2.10. The van der Waals surface area contributed by atoms with Crippen molar-refractivity contribution in [1.82, 2.24) is 10.2 Å². The highest BCUT2D eigenvalue weighted by Gasteiger charge is 2.21. The molecule has 1 saturated carbocycles. The van der Waals surface area contributed by atoms with Gasteiger partial charge in [-0.1, -0.05) is 12.1 Å². The predicted molar refractivity (Wildman–Crippen MR) is 102 cm³/mol. The number of hydrogen-bond acceptors (Lipinski definition) is 3. The summed E-state index contributed by atoms with van der Waals surface area (Å²) in [4.78, 5) is 6.49. The van der Waals surface area contributed by atoms with Crippen LogP contribution in [0.2, 0.25) is 0 Å². The number of hydrogen-bond donors (Lipinski definition) is 2. The molecular formula is C16H27IN4O. The van der Waals surface area contributed by atoms with E-state index in [4.69, 9.17) is 10.5 Å². The highest BCUT2D eigenvalue weighted by Crippen LogP contribution is 2.18. The first-order chi connectivity index (χ1) is 10.1. The van der Waals surface area contributed by atoms with E-state index in [2.05, 4.69) is 29.3 Å². The highest BCUT2D eigenvalue weighted by molar-refractivity contribution is 14.0. The van der Waals surface area contributed by atoms with E-state index in [9.17, 15) is 0 Å². The van der Waals surface area contributed by atoms with Gasteiger partial charge in [0.1, 0.15) is 5.75 Å². The molecule has 0 atom stereocenters. The third-order valence-corrected chi connectivity index (χ3v) is 3.30. The van der Waals surface area contributed by atoms with Crippen LogP contribution < -0.4 is 15.8 Å². The Bertz CT molecular complexity index is 458. The molecule has 0 amide bonds. The molecule has 1 aromatic rings. The summed E-state index contributed by atoms with van der Waals surface area (Å²) in [6, 6.07) is 8.60. The molecule has 1 aliphatic carbocycles. The normalized spacial score (nSPS) is 14.6. The Balaban J connectivity index is 0.00000242. The van der Waals surface area contributed by atoms with E-state index in [0.29, 0.717) is 18.5 Å². The van der Waals surface area contributed by atoms with Gasteiger partial charge < -0.3 is 20.7 Å². The molecule has 0 unspecified atom stereocenters. The number of halogens is 1. The van der Waals surface area contributed by atoms with Crippen LogP contribution in [-0.2, 0) is 6.54 Å². The topological polar surface area (TPSA) is 62.9 Å². The van der Waals surface area contributed by atoms with E-state index in [0.717, 1.165) is 30.9 Å². The zero-order valence-electron chi connectivity index (χ0n) is 13.4. The molecule has 3 N–H and O–H groups in total. The molecule has 0 heterocycles. The Labute approximate surface area is 150 Å². The predicted octanol–water partition coefficient (Wildman–Crippen LogP) is 2.20. The molecule has 1 aromatic carbocycles. The fourth-order valence-electron chi connectivity index (χ4n) is 1.92. The van der Waals surface area contributed by atoms with Gasteiger partial charge in [0.15, 0.2) is 5.96 Å². The fraction of sp³-hybridized carbons (Fsp3) is 0.562. The molecule has 0 aliphatic heterocycles. The van der Waals surface area contributed by atoms with Crippen molar-refractivity contribution in [2.45, 2.75) is 31.8 Å². The number of aliphatic imine (C=N–C) groups is 1. The number of benzene rings is 1. The minimum absolute atomic E-state index is 0. The number of nitrogens with one attached hydrogen (secondary N) is 1. The van der Waals surface area contributed by atoms with Crippen molar-refractivity contribution >= 4 is 29.9 Å². The van der Waals surface area contributed by atoms with E-state index in [1.807, 2.05) is 24.3 Å². The molecule has 2 rings (SSSR count). The van der Waals surface area contributed by atoms with Crippen LogP contribution in [0.15, 0.2) is 29.3 Å². The minimum Gasteiger partial charge on any atom is -0.494 e. The summed E-state index contributed by atoms with van der Waals surface area (Å²) in [7, 11) is 4.14. The van der Waals surface area contributed by atoms with Crippen LogP contribution in [0.3, 0.4) is 0 Å². The monoisotopic (exact) mass is 418 g/mol. The Kier molecular flexibility index (Phi) is 8.55. The quantitative estimate of drug-likeness (QED) is 0.294. The molecule has 22 heavy (non-hydrogen) atoms. The maximum absolute atomic E-state index is 5.81. The largest absolute Gasteiger partial charge is 0.494 e. The van der Waals surface area contributed by atoms with Crippen LogP contribution in [0.25, 0.3) is 0 Å². The maximum atomic E-state index is 5.81. The number of nitrogens with zero attached hydrogens (tertiary/aromatic N) is 2. The summed E-state index contributed by atoms with van der Waals surface area (Å²) in [6.45, 7) is 2.39. The first-order valence-corrected chi connectivity index (χ1v) is 7.56. The van der Waals surface area contributed by atoms with Crippen molar-refractivity contribution in [2.24, 2.45) is 10.7 Å². The van der Waals surface area contributed by atoms with Crippen molar-refractivity contribution in [2.75, 3.05) is 27.2 Å². The lowest BCUT2D eigenvalue weighted by molar-refractivity contribution is 0.281. The van der Waals surface area contributed by atoms with E-state index >= 15 is 0 Å². The zero-order chi connectivity index (χ0) is 15.1. The lowest BCUT2D eigenvalue weighted by atomic mass is 10.2. The van der Waals surface area contributed by atoms with Crippen LogP contribution in [-0.4, -0.2) is 44.1 Å². The Morgan fingerprint density at radius 3 is 2.59 bits per heavy atom. The van der Waals surface area contributed by atoms with Gasteiger partial charge in [-0.05, 0) is 51.1 Å². The van der Waals surface area contributed by atoms with Crippen LogP contribution in [0.4, 0.5) is 0 Å². The smallest absolute Gasteiger partial charge is 0.189 e. The Hall–Kier alpha value is -1.02. The van der Waals surface area contributed by atoms with Gasteiger partial charge in [0.05, 0.1) is 13.2 Å².